The SMILES string of the molecule is Cn1cnc2c(N3CC4CCCC4C3C(=O)O)nccc21. The fraction of sp³-hybridized carbons (Fsp3) is 0.533. The van der Waals surface area contributed by atoms with E-state index in [4.69, 9.17) is 0 Å². The number of aromatic nitrogens is 3. The van der Waals surface area contributed by atoms with E-state index in [-0.39, 0.29) is 5.92 Å². The minimum absolute atomic E-state index is 0.253. The zero-order chi connectivity index (χ0) is 14.6. The van der Waals surface area contributed by atoms with Crippen LogP contribution in [0.1, 0.15) is 19.3 Å². The Labute approximate surface area is 122 Å². The van der Waals surface area contributed by atoms with Crippen LogP contribution in [0.25, 0.3) is 11.0 Å². The number of hydrogen-bond acceptors (Lipinski definition) is 4. The number of carboxylic acid groups (broad SMARTS) is 1. The molecular weight excluding hydrogens is 268 g/mol. The minimum atomic E-state index is -0.737. The van der Waals surface area contributed by atoms with Crippen LogP contribution >= 0.6 is 0 Å². The molecule has 1 N–H and O–H groups in total. The largest absolute Gasteiger partial charge is 0.480 e. The van der Waals surface area contributed by atoms with E-state index >= 15 is 0 Å². The number of carbonyl (C=O) groups is 1. The first kappa shape index (κ1) is 12.6. The summed E-state index contributed by atoms with van der Waals surface area (Å²) in [5.74, 6) is 0.712. The highest BCUT2D eigenvalue weighted by molar-refractivity contribution is 5.89. The van der Waals surface area contributed by atoms with Crippen LogP contribution < -0.4 is 4.90 Å². The Kier molecular flexibility index (Phi) is 2.67. The molecule has 3 heterocycles. The number of anilines is 1. The molecule has 110 valence electrons. The van der Waals surface area contributed by atoms with Gasteiger partial charge in [-0.3, -0.25) is 0 Å². The molecule has 3 unspecified atom stereocenters. The molecule has 1 saturated carbocycles. The summed E-state index contributed by atoms with van der Waals surface area (Å²) in [5, 5.41) is 9.67. The van der Waals surface area contributed by atoms with Crippen molar-refractivity contribution in [1.29, 1.82) is 0 Å². The molecule has 6 nitrogen and oxygen atoms in total. The fourth-order valence-corrected chi connectivity index (χ4v) is 4.10. The van der Waals surface area contributed by atoms with Crippen molar-refractivity contribution in [3.63, 3.8) is 0 Å². The van der Waals surface area contributed by atoms with Crippen LogP contribution in [0.2, 0.25) is 0 Å². The first-order valence-electron chi connectivity index (χ1n) is 7.42. The molecule has 0 radical (unpaired) electrons. The van der Waals surface area contributed by atoms with E-state index in [0.717, 1.165) is 42.7 Å². The summed E-state index contributed by atoms with van der Waals surface area (Å²) in [4.78, 5) is 22.6. The Morgan fingerprint density at radius 2 is 2.24 bits per heavy atom. The molecular formula is C15H18N4O2. The van der Waals surface area contributed by atoms with Crippen LogP contribution in [0.5, 0.6) is 0 Å². The van der Waals surface area contributed by atoms with Gasteiger partial charge in [-0.15, -0.1) is 0 Å². The van der Waals surface area contributed by atoms with Gasteiger partial charge in [-0.05, 0) is 30.7 Å². The Bertz CT molecular complexity index is 711. The molecule has 0 aromatic carbocycles. The van der Waals surface area contributed by atoms with Gasteiger partial charge in [-0.1, -0.05) is 6.42 Å². The van der Waals surface area contributed by atoms with E-state index in [2.05, 4.69) is 9.97 Å². The highest BCUT2D eigenvalue weighted by Crippen LogP contribution is 2.44. The molecule has 6 heteroatoms. The Morgan fingerprint density at radius 1 is 1.38 bits per heavy atom. The normalized spacial score (nSPS) is 28.2. The van der Waals surface area contributed by atoms with Gasteiger partial charge in [-0.2, -0.15) is 0 Å². The molecule has 2 aliphatic rings. The number of nitrogens with zero attached hydrogens (tertiary/aromatic N) is 4. The molecule has 4 rings (SSSR count). The van der Waals surface area contributed by atoms with Gasteiger partial charge in [0.05, 0.1) is 11.8 Å². The second-order valence-corrected chi connectivity index (χ2v) is 6.15. The van der Waals surface area contributed by atoms with Crippen LogP contribution in [0.4, 0.5) is 5.82 Å². The predicted octanol–water partition coefficient (Wildman–Crippen LogP) is 1.66. The van der Waals surface area contributed by atoms with Gasteiger partial charge < -0.3 is 14.6 Å². The van der Waals surface area contributed by atoms with Crippen molar-refractivity contribution in [2.45, 2.75) is 25.3 Å². The van der Waals surface area contributed by atoms with Crippen LogP contribution in [0, 0.1) is 11.8 Å². The van der Waals surface area contributed by atoms with E-state index in [1.54, 1.807) is 12.5 Å². The summed E-state index contributed by atoms with van der Waals surface area (Å²) in [7, 11) is 1.94. The van der Waals surface area contributed by atoms with Gasteiger partial charge >= 0.3 is 5.97 Å². The molecule has 2 fully saturated rings. The van der Waals surface area contributed by atoms with Crippen LogP contribution in [-0.4, -0.2) is 38.2 Å². The number of carboxylic acids is 1. The Hall–Kier alpha value is -2.11. The van der Waals surface area contributed by atoms with E-state index in [1.807, 2.05) is 22.6 Å². The van der Waals surface area contributed by atoms with E-state index in [0.29, 0.717) is 5.92 Å². The zero-order valence-corrected chi connectivity index (χ0v) is 11.9. The number of rotatable bonds is 2. The average Bonchev–Trinajstić information content (AvgIpc) is 3.12. The van der Waals surface area contributed by atoms with Crippen LogP contribution in [0.15, 0.2) is 18.6 Å². The lowest BCUT2D eigenvalue weighted by Gasteiger charge is -2.25. The fourth-order valence-electron chi connectivity index (χ4n) is 4.10. The predicted molar refractivity (Wildman–Crippen MR) is 78.1 cm³/mol. The summed E-state index contributed by atoms with van der Waals surface area (Å²) >= 11 is 0. The van der Waals surface area contributed by atoms with E-state index < -0.39 is 12.0 Å². The summed E-state index contributed by atoms with van der Waals surface area (Å²) in [6.45, 7) is 0.782. The maximum atomic E-state index is 11.8. The van der Waals surface area contributed by atoms with E-state index in [9.17, 15) is 9.90 Å². The third-order valence-electron chi connectivity index (χ3n) is 5.04. The molecule has 1 saturated heterocycles. The molecule has 2 aromatic rings. The second kappa shape index (κ2) is 4.44. The first-order chi connectivity index (χ1) is 10.2. The Balaban J connectivity index is 1.82. The van der Waals surface area contributed by atoms with Crippen molar-refractivity contribution in [2.24, 2.45) is 18.9 Å². The van der Waals surface area contributed by atoms with Crippen molar-refractivity contribution in [3.8, 4) is 0 Å². The molecule has 0 spiro atoms. The number of pyridine rings is 1. The van der Waals surface area contributed by atoms with Crippen molar-refractivity contribution in [3.05, 3.63) is 18.6 Å². The molecule has 21 heavy (non-hydrogen) atoms. The number of aliphatic carboxylic acids is 1. The molecule has 3 atom stereocenters. The molecule has 2 aromatic heterocycles. The van der Waals surface area contributed by atoms with Crippen molar-refractivity contribution in [2.75, 3.05) is 11.4 Å². The van der Waals surface area contributed by atoms with Gasteiger partial charge in [0.2, 0.25) is 0 Å². The van der Waals surface area contributed by atoms with Crippen molar-refractivity contribution in [1.82, 2.24) is 14.5 Å². The lowest BCUT2D eigenvalue weighted by atomic mass is 9.94. The monoisotopic (exact) mass is 286 g/mol. The highest BCUT2D eigenvalue weighted by Gasteiger charge is 2.48. The summed E-state index contributed by atoms with van der Waals surface area (Å²) < 4.78 is 1.94. The number of imidazole rings is 1. The standard InChI is InChI=1S/C15H18N4O2/c1-18-8-17-12-11(18)5-6-16-14(12)19-7-9-3-2-4-10(9)13(19)15(20)21/h5-6,8-10,13H,2-4,7H2,1H3,(H,20,21). The van der Waals surface area contributed by atoms with Gasteiger partial charge in [-0.25, -0.2) is 14.8 Å². The molecule has 1 aliphatic carbocycles. The average molecular weight is 286 g/mol. The number of aryl methyl sites for hydroxylation is 1. The minimum Gasteiger partial charge on any atom is -0.480 e. The molecule has 0 bridgehead atoms. The molecule has 1 aliphatic heterocycles. The number of fused-ring (bicyclic) bond motifs is 2. The zero-order valence-electron chi connectivity index (χ0n) is 11.9. The number of hydrogen-bond donors (Lipinski definition) is 1. The maximum Gasteiger partial charge on any atom is 0.326 e. The lowest BCUT2D eigenvalue weighted by molar-refractivity contribution is -0.139. The van der Waals surface area contributed by atoms with Crippen LogP contribution in [0.3, 0.4) is 0 Å². The third kappa shape index (κ3) is 1.74. The molecule has 0 amide bonds. The maximum absolute atomic E-state index is 11.8. The summed E-state index contributed by atoms with van der Waals surface area (Å²) in [6, 6.07) is 1.45. The quantitative estimate of drug-likeness (QED) is 0.909. The first-order valence-corrected chi connectivity index (χ1v) is 7.42. The Morgan fingerprint density at radius 3 is 3.05 bits per heavy atom. The van der Waals surface area contributed by atoms with Crippen molar-refractivity contribution >= 4 is 22.8 Å². The topological polar surface area (TPSA) is 71.2 Å². The third-order valence-corrected chi connectivity index (χ3v) is 5.04. The van der Waals surface area contributed by atoms with Gasteiger partial charge in [0, 0.05) is 19.8 Å². The summed E-state index contributed by atoms with van der Waals surface area (Å²) in [5.41, 5.74) is 1.78. The second-order valence-electron chi connectivity index (χ2n) is 6.15. The van der Waals surface area contributed by atoms with Gasteiger partial charge in [0.15, 0.2) is 5.82 Å². The van der Waals surface area contributed by atoms with Crippen molar-refractivity contribution < 1.29 is 9.90 Å². The van der Waals surface area contributed by atoms with Gasteiger partial charge in [0.25, 0.3) is 0 Å². The summed E-state index contributed by atoms with van der Waals surface area (Å²) in [6.07, 6.45) is 6.78. The lowest BCUT2D eigenvalue weighted by Crippen LogP contribution is -2.40. The smallest absolute Gasteiger partial charge is 0.326 e. The van der Waals surface area contributed by atoms with Gasteiger partial charge in [0.1, 0.15) is 11.6 Å². The van der Waals surface area contributed by atoms with Crippen LogP contribution in [-0.2, 0) is 11.8 Å². The van der Waals surface area contributed by atoms with E-state index in [1.165, 1.54) is 0 Å². The highest BCUT2D eigenvalue weighted by atomic mass is 16.4.